The van der Waals surface area contributed by atoms with Crippen LogP contribution in [-0.4, -0.2) is 22.8 Å². The predicted molar refractivity (Wildman–Crippen MR) is 124 cm³/mol. The van der Waals surface area contributed by atoms with E-state index in [1.54, 1.807) is 60.7 Å². The highest BCUT2D eigenvalue weighted by Crippen LogP contribution is 2.29. The van der Waals surface area contributed by atoms with Gasteiger partial charge >= 0.3 is 0 Å². The molecule has 9 heteroatoms. The lowest BCUT2D eigenvalue weighted by Gasteiger charge is -2.15. The first kappa shape index (κ1) is 21.0. The quantitative estimate of drug-likeness (QED) is 0.420. The van der Waals surface area contributed by atoms with Crippen LogP contribution in [0.3, 0.4) is 0 Å². The van der Waals surface area contributed by atoms with E-state index in [2.05, 4.69) is 10.6 Å². The molecule has 0 aromatic heterocycles. The van der Waals surface area contributed by atoms with Gasteiger partial charge in [-0.25, -0.2) is 4.90 Å². The van der Waals surface area contributed by atoms with Crippen LogP contribution in [0.2, 0.25) is 10.0 Å². The second-order valence-electron chi connectivity index (χ2n) is 6.55. The number of nitrogens with zero attached hydrogens (tertiary/aromatic N) is 1. The number of amides is 3. The Morgan fingerprint density at radius 3 is 2.06 bits per heavy atom. The molecule has 6 nitrogen and oxygen atoms in total. The van der Waals surface area contributed by atoms with Crippen molar-refractivity contribution in [3.05, 3.63) is 93.5 Å². The third-order valence-electron chi connectivity index (χ3n) is 4.60. The molecule has 31 heavy (non-hydrogen) atoms. The number of halogens is 2. The van der Waals surface area contributed by atoms with E-state index in [1.165, 1.54) is 6.07 Å². The monoisotopic (exact) mass is 469 g/mol. The van der Waals surface area contributed by atoms with Crippen molar-refractivity contribution in [2.45, 2.75) is 0 Å². The number of anilines is 2. The van der Waals surface area contributed by atoms with Crippen molar-refractivity contribution in [1.29, 1.82) is 0 Å². The molecule has 0 bridgehead atoms. The van der Waals surface area contributed by atoms with Gasteiger partial charge in [0.15, 0.2) is 5.11 Å². The van der Waals surface area contributed by atoms with E-state index in [9.17, 15) is 14.4 Å². The zero-order chi connectivity index (χ0) is 22.1. The summed E-state index contributed by atoms with van der Waals surface area (Å²) in [6.45, 7) is 0. The number of rotatable bonds is 3. The molecule has 0 saturated carbocycles. The number of carbonyl (C=O) groups excluding carboxylic acids is 3. The molecule has 0 fully saturated rings. The normalized spacial score (nSPS) is 12.5. The summed E-state index contributed by atoms with van der Waals surface area (Å²) < 4.78 is 0. The maximum atomic E-state index is 12.6. The minimum Gasteiger partial charge on any atom is -0.332 e. The highest BCUT2D eigenvalue weighted by atomic mass is 35.5. The average Bonchev–Trinajstić information content (AvgIpc) is 3.01. The number of thiocarbonyl (C=S) groups is 1. The Kier molecular flexibility index (Phi) is 5.73. The fourth-order valence-electron chi connectivity index (χ4n) is 3.13. The lowest BCUT2D eigenvalue weighted by Crippen LogP contribution is -2.34. The summed E-state index contributed by atoms with van der Waals surface area (Å²) in [6.07, 6.45) is 0. The molecule has 0 radical (unpaired) electrons. The van der Waals surface area contributed by atoms with Gasteiger partial charge in [0.25, 0.3) is 17.7 Å². The van der Waals surface area contributed by atoms with Crippen LogP contribution >= 0.6 is 35.4 Å². The molecule has 4 rings (SSSR count). The maximum absolute atomic E-state index is 12.6. The topological polar surface area (TPSA) is 78.5 Å². The Bertz CT molecular complexity index is 1210. The molecule has 3 aromatic rings. The Morgan fingerprint density at radius 1 is 0.839 bits per heavy atom. The fourth-order valence-corrected chi connectivity index (χ4v) is 3.73. The Labute approximate surface area is 192 Å². The lowest BCUT2D eigenvalue weighted by molar-refractivity contribution is 0.0923. The fraction of sp³-hybridized carbons (Fsp3) is 0. The summed E-state index contributed by atoms with van der Waals surface area (Å²) in [6, 6.07) is 17.9. The van der Waals surface area contributed by atoms with Gasteiger partial charge in [-0.3, -0.25) is 19.7 Å². The molecule has 1 aliphatic rings. The van der Waals surface area contributed by atoms with E-state index in [0.717, 1.165) is 4.90 Å². The van der Waals surface area contributed by atoms with Gasteiger partial charge in [-0.15, -0.1) is 0 Å². The maximum Gasteiger partial charge on any atom is 0.266 e. The van der Waals surface area contributed by atoms with Crippen LogP contribution < -0.4 is 15.5 Å². The van der Waals surface area contributed by atoms with Crippen LogP contribution in [0.25, 0.3) is 0 Å². The highest BCUT2D eigenvalue weighted by molar-refractivity contribution is 7.80. The number of nitrogens with one attached hydrogen (secondary N) is 2. The van der Waals surface area contributed by atoms with Gasteiger partial charge in [0.2, 0.25) is 0 Å². The molecule has 0 aliphatic carbocycles. The van der Waals surface area contributed by atoms with Crippen LogP contribution in [0.15, 0.2) is 66.7 Å². The van der Waals surface area contributed by atoms with E-state index in [-0.39, 0.29) is 32.5 Å². The van der Waals surface area contributed by atoms with Crippen molar-refractivity contribution in [2.75, 3.05) is 10.2 Å². The van der Waals surface area contributed by atoms with Crippen molar-refractivity contribution >= 4 is 69.6 Å². The average molecular weight is 470 g/mol. The zero-order valence-electron chi connectivity index (χ0n) is 15.7. The van der Waals surface area contributed by atoms with Gasteiger partial charge in [0, 0.05) is 5.69 Å². The number of carbonyl (C=O) groups is 3. The van der Waals surface area contributed by atoms with Crippen molar-refractivity contribution in [3.63, 3.8) is 0 Å². The third kappa shape index (κ3) is 4.03. The van der Waals surface area contributed by atoms with Gasteiger partial charge in [-0.05, 0) is 60.7 Å². The van der Waals surface area contributed by atoms with E-state index in [0.29, 0.717) is 22.5 Å². The van der Waals surface area contributed by atoms with E-state index >= 15 is 0 Å². The smallest absolute Gasteiger partial charge is 0.266 e. The van der Waals surface area contributed by atoms with Crippen molar-refractivity contribution in [1.82, 2.24) is 5.32 Å². The van der Waals surface area contributed by atoms with E-state index in [1.807, 2.05) is 0 Å². The molecule has 0 atom stereocenters. The van der Waals surface area contributed by atoms with E-state index in [4.69, 9.17) is 35.4 Å². The summed E-state index contributed by atoms with van der Waals surface area (Å²) in [5.74, 6) is -1.25. The Morgan fingerprint density at radius 2 is 1.45 bits per heavy atom. The highest BCUT2D eigenvalue weighted by Gasteiger charge is 2.36. The van der Waals surface area contributed by atoms with Crippen LogP contribution in [0, 0.1) is 0 Å². The number of hydrogen-bond donors (Lipinski definition) is 2. The molecular formula is C22H13Cl2N3O3S. The van der Waals surface area contributed by atoms with Crippen LogP contribution in [0.1, 0.15) is 31.1 Å². The zero-order valence-corrected chi connectivity index (χ0v) is 18.0. The van der Waals surface area contributed by atoms with Crippen molar-refractivity contribution in [3.8, 4) is 0 Å². The first-order valence-corrected chi connectivity index (χ1v) is 10.2. The number of benzene rings is 3. The molecule has 0 spiro atoms. The number of imide groups is 1. The Balaban J connectivity index is 1.44. The molecule has 0 saturated heterocycles. The molecule has 154 valence electrons. The molecule has 2 N–H and O–H groups in total. The predicted octanol–water partition coefficient (Wildman–Crippen LogP) is 4.92. The van der Waals surface area contributed by atoms with E-state index < -0.39 is 5.91 Å². The largest absolute Gasteiger partial charge is 0.332 e. The van der Waals surface area contributed by atoms with Crippen LogP contribution in [0.5, 0.6) is 0 Å². The first-order valence-electron chi connectivity index (χ1n) is 9.01. The SMILES string of the molecule is O=C(NC(=S)Nc1ccc(N2C(=O)c3ccccc3C2=O)cc1)c1cccc(Cl)c1Cl. The minimum atomic E-state index is -0.507. The summed E-state index contributed by atoms with van der Waals surface area (Å²) in [5, 5.41) is 5.84. The van der Waals surface area contributed by atoms with Crippen LogP contribution in [-0.2, 0) is 0 Å². The summed E-state index contributed by atoms with van der Waals surface area (Å²) >= 11 is 17.2. The molecule has 1 aliphatic heterocycles. The first-order chi connectivity index (χ1) is 14.9. The van der Waals surface area contributed by atoms with Gasteiger partial charge in [-0.1, -0.05) is 41.4 Å². The van der Waals surface area contributed by atoms with Gasteiger partial charge in [0.05, 0.1) is 32.4 Å². The lowest BCUT2D eigenvalue weighted by atomic mass is 10.1. The van der Waals surface area contributed by atoms with Crippen molar-refractivity contribution < 1.29 is 14.4 Å². The number of hydrogen-bond acceptors (Lipinski definition) is 4. The van der Waals surface area contributed by atoms with Gasteiger partial charge < -0.3 is 5.32 Å². The molecule has 3 amide bonds. The summed E-state index contributed by atoms with van der Waals surface area (Å²) in [5.41, 5.74) is 1.93. The van der Waals surface area contributed by atoms with Gasteiger partial charge in [0.1, 0.15) is 0 Å². The second kappa shape index (κ2) is 8.47. The standard InChI is InChI=1S/C22H13Cl2N3O3S/c23-17-7-3-6-16(18(17)24)19(28)26-22(31)25-12-8-10-13(11-9-12)27-20(29)14-4-1-2-5-15(14)21(27)30/h1-11H,(H2,25,26,28,31). The molecule has 3 aromatic carbocycles. The molecule has 1 heterocycles. The number of fused-ring (bicyclic) bond motifs is 1. The van der Waals surface area contributed by atoms with Gasteiger partial charge in [-0.2, -0.15) is 0 Å². The molecule has 0 unspecified atom stereocenters. The Hall–Kier alpha value is -3.26. The molecular weight excluding hydrogens is 457 g/mol. The third-order valence-corrected chi connectivity index (χ3v) is 5.62. The summed E-state index contributed by atoms with van der Waals surface area (Å²) in [7, 11) is 0. The second-order valence-corrected chi connectivity index (χ2v) is 7.74. The summed E-state index contributed by atoms with van der Waals surface area (Å²) in [4.78, 5) is 38.6. The minimum absolute atomic E-state index is 0.0505. The van der Waals surface area contributed by atoms with Crippen molar-refractivity contribution in [2.24, 2.45) is 0 Å². The van der Waals surface area contributed by atoms with Crippen LogP contribution in [0.4, 0.5) is 11.4 Å².